The van der Waals surface area contributed by atoms with Crippen molar-refractivity contribution in [2.45, 2.75) is 45.1 Å². The molecule has 0 bridgehead atoms. The Bertz CT molecular complexity index is 1430. The average Bonchev–Trinajstić information content (AvgIpc) is 2.95. The number of nitrogens with zero attached hydrogens (tertiary/aromatic N) is 2. The van der Waals surface area contributed by atoms with Crippen molar-refractivity contribution < 1.29 is 22.7 Å². The van der Waals surface area contributed by atoms with Gasteiger partial charge in [-0.15, -0.1) is 0 Å². The van der Waals surface area contributed by atoms with Crippen LogP contribution in [0.2, 0.25) is 0 Å². The van der Waals surface area contributed by atoms with E-state index in [4.69, 9.17) is 4.74 Å². The van der Waals surface area contributed by atoms with Crippen molar-refractivity contribution in [3.63, 3.8) is 0 Å². The second kappa shape index (κ2) is 14.5. The number of hydrogen-bond acceptors (Lipinski definition) is 5. The first-order chi connectivity index (χ1) is 19.4. The maximum Gasteiger partial charge on any atom is 0.264 e. The summed E-state index contributed by atoms with van der Waals surface area (Å²) in [5, 5.41) is 2.90. The van der Waals surface area contributed by atoms with Gasteiger partial charge in [0.1, 0.15) is 18.3 Å². The molecule has 3 aromatic carbocycles. The van der Waals surface area contributed by atoms with Gasteiger partial charge in [0.25, 0.3) is 10.0 Å². The second-order valence-corrected chi connectivity index (χ2v) is 13.0. The maximum atomic E-state index is 14.0. The maximum absolute atomic E-state index is 14.0. The average molecular weight is 645 g/mol. The minimum absolute atomic E-state index is 0.00268. The predicted molar refractivity (Wildman–Crippen MR) is 166 cm³/mol. The SMILES string of the molecule is COc1ccc(S(=O)(=O)N(CC(=O)N(CCc2ccccc2)[C@@H](C)C(=O)NCC(C)C)c2ccc(C)cc2)cc1Br. The molecular weight excluding hydrogens is 606 g/mol. The molecule has 0 heterocycles. The van der Waals surface area contributed by atoms with Gasteiger partial charge in [0, 0.05) is 13.1 Å². The van der Waals surface area contributed by atoms with Crippen molar-refractivity contribution in [3.05, 3.63) is 88.4 Å². The van der Waals surface area contributed by atoms with Crippen molar-refractivity contribution in [2.24, 2.45) is 5.92 Å². The summed E-state index contributed by atoms with van der Waals surface area (Å²) in [5.74, 6) is -0.0466. The number of amides is 2. The van der Waals surface area contributed by atoms with Gasteiger partial charge in [0.2, 0.25) is 11.8 Å². The zero-order valence-corrected chi connectivity index (χ0v) is 26.5. The molecule has 0 saturated carbocycles. The summed E-state index contributed by atoms with van der Waals surface area (Å²) in [4.78, 5) is 28.5. The van der Waals surface area contributed by atoms with Crippen molar-refractivity contribution in [1.29, 1.82) is 0 Å². The van der Waals surface area contributed by atoms with E-state index in [0.29, 0.717) is 28.9 Å². The van der Waals surface area contributed by atoms with Crippen LogP contribution < -0.4 is 14.4 Å². The number of anilines is 1. The Hall–Kier alpha value is -3.37. The quantitative estimate of drug-likeness (QED) is 0.276. The number of rotatable bonds is 13. The van der Waals surface area contributed by atoms with Crippen LogP contribution in [0.1, 0.15) is 31.9 Å². The molecule has 0 aliphatic carbocycles. The predicted octanol–water partition coefficient (Wildman–Crippen LogP) is 5.19. The Morgan fingerprint density at radius 3 is 2.22 bits per heavy atom. The summed E-state index contributed by atoms with van der Waals surface area (Å²) in [6.07, 6.45) is 0.511. The zero-order valence-electron chi connectivity index (χ0n) is 24.1. The Kier molecular flexibility index (Phi) is 11.4. The molecule has 1 N–H and O–H groups in total. The number of carbonyl (C=O) groups is 2. The fourth-order valence-corrected chi connectivity index (χ4v) is 6.33. The zero-order chi connectivity index (χ0) is 30.2. The number of carbonyl (C=O) groups excluding carboxylic acids is 2. The van der Waals surface area contributed by atoms with E-state index < -0.39 is 28.5 Å². The summed E-state index contributed by atoms with van der Waals surface area (Å²) in [6, 6.07) is 20.2. The van der Waals surface area contributed by atoms with Crippen molar-refractivity contribution in [3.8, 4) is 5.75 Å². The highest BCUT2D eigenvalue weighted by molar-refractivity contribution is 9.10. The molecule has 0 aliphatic rings. The van der Waals surface area contributed by atoms with Crippen LogP contribution in [0.3, 0.4) is 0 Å². The standard InChI is InChI=1S/C31H38BrN3O5S/c1-22(2)20-33-31(37)24(4)34(18-17-25-9-7-6-8-10-25)30(36)21-35(26-13-11-23(3)12-14-26)41(38,39)27-15-16-29(40-5)28(32)19-27/h6-16,19,22,24H,17-18,20-21H2,1-5H3,(H,33,37)/t24-/m0/s1. The Balaban J connectivity index is 1.98. The first kappa shape index (κ1) is 32.1. The lowest BCUT2D eigenvalue weighted by atomic mass is 10.1. The number of halogens is 1. The largest absolute Gasteiger partial charge is 0.496 e. The van der Waals surface area contributed by atoms with Crippen LogP contribution in [-0.2, 0) is 26.0 Å². The Morgan fingerprint density at radius 2 is 1.63 bits per heavy atom. The van der Waals surface area contributed by atoms with Crippen LogP contribution in [0.25, 0.3) is 0 Å². The topological polar surface area (TPSA) is 96.0 Å². The number of aryl methyl sites for hydroxylation is 1. The lowest BCUT2D eigenvalue weighted by molar-refractivity contribution is -0.138. The lowest BCUT2D eigenvalue weighted by Gasteiger charge is -2.32. The minimum Gasteiger partial charge on any atom is -0.496 e. The van der Waals surface area contributed by atoms with Crippen molar-refractivity contribution in [1.82, 2.24) is 10.2 Å². The van der Waals surface area contributed by atoms with E-state index in [1.807, 2.05) is 51.1 Å². The highest BCUT2D eigenvalue weighted by Gasteiger charge is 2.32. The van der Waals surface area contributed by atoms with Crippen LogP contribution >= 0.6 is 15.9 Å². The van der Waals surface area contributed by atoms with Gasteiger partial charge in [-0.1, -0.05) is 61.9 Å². The third-order valence-electron chi connectivity index (χ3n) is 6.65. The van der Waals surface area contributed by atoms with Gasteiger partial charge in [-0.2, -0.15) is 0 Å². The molecule has 0 radical (unpaired) electrons. The summed E-state index contributed by atoms with van der Waals surface area (Å²) in [7, 11) is -2.68. The first-order valence-electron chi connectivity index (χ1n) is 13.5. The Labute approximate surface area is 251 Å². The van der Waals surface area contributed by atoms with Gasteiger partial charge in [0.05, 0.1) is 22.2 Å². The molecule has 0 spiro atoms. The molecule has 41 heavy (non-hydrogen) atoms. The summed E-state index contributed by atoms with van der Waals surface area (Å²) >= 11 is 3.36. The highest BCUT2D eigenvalue weighted by atomic mass is 79.9. The Morgan fingerprint density at radius 1 is 0.976 bits per heavy atom. The van der Waals surface area contributed by atoms with Gasteiger partial charge in [0.15, 0.2) is 0 Å². The van der Waals surface area contributed by atoms with Crippen LogP contribution in [0.4, 0.5) is 5.69 Å². The van der Waals surface area contributed by atoms with Gasteiger partial charge < -0.3 is 15.0 Å². The molecule has 0 aliphatic heterocycles. The molecule has 0 fully saturated rings. The summed E-state index contributed by atoms with van der Waals surface area (Å²) in [5.41, 5.74) is 2.30. The molecule has 3 rings (SSSR count). The van der Waals surface area contributed by atoms with Gasteiger partial charge in [-0.3, -0.25) is 13.9 Å². The van der Waals surface area contributed by atoms with E-state index in [-0.39, 0.29) is 23.3 Å². The number of benzene rings is 3. The van der Waals surface area contributed by atoms with Crippen molar-refractivity contribution >= 4 is 43.5 Å². The molecule has 0 unspecified atom stereocenters. The summed E-state index contributed by atoms with van der Waals surface area (Å²) in [6.45, 7) is 7.79. The van der Waals surface area contributed by atoms with E-state index in [9.17, 15) is 18.0 Å². The van der Waals surface area contributed by atoms with Gasteiger partial charge in [-0.05, 0) is 78.0 Å². The monoisotopic (exact) mass is 643 g/mol. The van der Waals surface area contributed by atoms with E-state index in [1.54, 1.807) is 37.3 Å². The van der Waals surface area contributed by atoms with E-state index in [2.05, 4.69) is 21.2 Å². The van der Waals surface area contributed by atoms with Crippen LogP contribution in [0.5, 0.6) is 5.75 Å². The van der Waals surface area contributed by atoms with E-state index >= 15 is 0 Å². The number of ether oxygens (including phenoxy) is 1. The molecule has 0 aromatic heterocycles. The smallest absolute Gasteiger partial charge is 0.264 e. The van der Waals surface area contributed by atoms with E-state index in [0.717, 1.165) is 15.4 Å². The minimum atomic E-state index is -4.18. The lowest BCUT2D eigenvalue weighted by Crippen LogP contribution is -2.52. The number of methoxy groups -OCH3 is 1. The number of hydrogen-bond donors (Lipinski definition) is 1. The van der Waals surface area contributed by atoms with E-state index in [1.165, 1.54) is 24.1 Å². The highest BCUT2D eigenvalue weighted by Crippen LogP contribution is 2.31. The third-order valence-corrected chi connectivity index (χ3v) is 9.04. The molecule has 10 heteroatoms. The fourth-order valence-electron chi connectivity index (χ4n) is 4.20. The molecular formula is C31H38BrN3O5S. The van der Waals surface area contributed by atoms with Crippen LogP contribution in [-0.4, -0.2) is 57.9 Å². The molecule has 1 atom stereocenters. The molecule has 0 saturated heterocycles. The normalized spacial score (nSPS) is 12.1. The van der Waals surface area contributed by atoms with Crippen molar-refractivity contribution in [2.75, 3.05) is 31.0 Å². The van der Waals surface area contributed by atoms with Gasteiger partial charge in [-0.25, -0.2) is 8.42 Å². The molecule has 2 amide bonds. The first-order valence-corrected chi connectivity index (χ1v) is 15.7. The fraction of sp³-hybridized carbons (Fsp3) is 0.355. The molecule has 3 aromatic rings. The molecule has 220 valence electrons. The number of nitrogens with one attached hydrogen (secondary N) is 1. The number of sulfonamides is 1. The van der Waals surface area contributed by atoms with Crippen LogP contribution in [0.15, 0.2) is 82.2 Å². The summed E-state index contributed by atoms with van der Waals surface area (Å²) < 4.78 is 34.8. The van der Waals surface area contributed by atoms with Crippen LogP contribution in [0, 0.1) is 12.8 Å². The van der Waals surface area contributed by atoms with Gasteiger partial charge >= 0.3 is 0 Å². The second-order valence-electron chi connectivity index (χ2n) is 10.3. The molecule has 8 nitrogen and oxygen atoms in total. The third kappa shape index (κ3) is 8.56.